The molecule has 0 spiro atoms. The predicted molar refractivity (Wildman–Crippen MR) is 74.1 cm³/mol. The third-order valence-electron chi connectivity index (χ3n) is 3.72. The zero-order chi connectivity index (χ0) is 14.9. The monoisotopic (exact) mass is 299 g/mol. The molecule has 3 aromatic heterocycles. The molecule has 3 aromatic rings. The van der Waals surface area contributed by atoms with Crippen LogP contribution in [0.15, 0.2) is 37.2 Å². The van der Waals surface area contributed by atoms with Gasteiger partial charge in [-0.25, -0.2) is 9.20 Å². The van der Waals surface area contributed by atoms with E-state index in [2.05, 4.69) is 25.7 Å². The molecule has 22 heavy (non-hydrogen) atoms. The number of hydrogen-bond acceptors (Lipinski definition) is 6. The van der Waals surface area contributed by atoms with Crippen LogP contribution in [0.2, 0.25) is 0 Å². The lowest BCUT2D eigenvalue weighted by Crippen LogP contribution is -2.41. The van der Waals surface area contributed by atoms with Crippen LogP contribution < -0.4 is 5.32 Å². The highest BCUT2D eigenvalue weighted by atomic mass is 16.5. The van der Waals surface area contributed by atoms with Crippen molar-refractivity contribution in [3.05, 3.63) is 42.7 Å². The molecule has 1 aliphatic heterocycles. The predicted octanol–water partition coefficient (Wildman–Crippen LogP) is -0.309. The fraction of sp³-hybridized carbons (Fsp3) is 0.308. The zero-order valence-corrected chi connectivity index (χ0v) is 11.5. The molecule has 0 aromatic carbocycles. The topological polar surface area (TPSA) is 99.2 Å². The molecular weight excluding hydrogens is 286 g/mol. The van der Waals surface area contributed by atoms with Crippen molar-refractivity contribution in [2.45, 2.75) is 12.1 Å². The lowest BCUT2D eigenvalue weighted by atomic mass is 10.1. The van der Waals surface area contributed by atoms with Gasteiger partial charge in [-0.3, -0.25) is 9.78 Å². The van der Waals surface area contributed by atoms with Crippen LogP contribution in [-0.2, 0) is 4.74 Å². The van der Waals surface area contributed by atoms with E-state index in [0.29, 0.717) is 24.3 Å². The van der Waals surface area contributed by atoms with Crippen LogP contribution >= 0.6 is 0 Å². The number of carbonyl (C=O) groups is 1. The molecule has 1 aliphatic rings. The summed E-state index contributed by atoms with van der Waals surface area (Å²) < 4.78 is 8.78. The Morgan fingerprint density at radius 3 is 3.09 bits per heavy atom. The van der Waals surface area contributed by atoms with Crippen LogP contribution in [0.1, 0.15) is 16.4 Å². The first-order valence-corrected chi connectivity index (χ1v) is 6.84. The molecule has 112 valence electrons. The number of nitrogens with zero attached hydrogens (tertiary/aromatic N) is 6. The van der Waals surface area contributed by atoms with Crippen molar-refractivity contribution < 1.29 is 9.53 Å². The molecule has 4 heterocycles. The van der Waals surface area contributed by atoms with Gasteiger partial charge < -0.3 is 10.1 Å². The van der Waals surface area contributed by atoms with Gasteiger partial charge in [-0.15, -0.1) is 5.10 Å². The van der Waals surface area contributed by atoms with Crippen LogP contribution in [0, 0.1) is 0 Å². The van der Waals surface area contributed by atoms with E-state index in [-0.39, 0.29) is 18.0 Å². The van der Waals surface area contributed by atoms with E-state index in [1.54, 1.807) is 40.2 Å². The van der Waals surface area contributed by atoms with Gasteiger partial charge in [0.1, 0.15) is 0 Å². The third kappa shape index (κ3) is 2.11. The Morgan fingerprint density at radius 2 is 2.23 bits per heavy atom. The van der Waals surface area contributed by atoms with Crippen LogP contribution in [0.4, 0.5) is 0 Å². The van der Waals surface area contributed by atoms with Crippen LogP contribution in [0.25, 0.3) is 5.52 Å². The van der Waals surface area contributed by atoms with Crippen molar-refractivity contribution in [1.82, 2.24) is 34.9 Å². The SMILES string of the molecule is O=C(N[C@H]1COC[C@H]1n1ccnn1)c1cnn2ccncc12. The molecule has 0 saturated carbocycles. The van der Waals surface area contributed by atoms with Gasteiger partial charge in [-0.1, -0.05) is 5.21 Å². The van der Waals surface area contributed by atoms with E-state index >= 15 is 0 Å². The van der Waals surface area contributed by atoms with Crippen molar-refractivity contribution in [2.24, 2.45) is 0 Å². The Morgan fingerprint density at radius 1 is 1.27 bits per heavy atom. The molecule has 9 heteroatoms. The second-order valence-electron chi connectivity index (χ2n) is 5.03. The van der Waals surface area contributed by atoms with E-state index in [9.17, 15) is 4.79 Å². The van der Waals surface area contributed by atoms with Gasteiger partial charge in [0.2, 0.25) is 0 Å². The Labute approximate surface area is 124 Å². The molecule has 2 atom stereocenters. The lowest BCUT2D eigenvalue weighted by Gasteiger charge is -2.18. The highest BCUT2D eigenvalue weighted by molar-refractivity contribution is 6.00. The summed E-state index contributed by atoms with van der Waals surface area (Å²) >= 11 is 0. The Balaban J connectivity index is 1.56. The fourth-order valence-corrected chi connectivity index (χ4v) is 2.59. The normalized spacial score (nSPS) is 21.3. The lowest BCUT2D eigenvalue weighted by molar-refractivity contribution is 0.0926. The van der Waals surface area contributed by atoms with Crippen molar-refractivity contribution in [3.63, 3.8) is 0 Å². The number of hydrogen-bond donors (Lipinski definition) is 1. The molecule has 9 nitrogen and oxygen atoms in total. The van der Waals surface area contributed by atoms with Gasteiger partial charge in [-0.05, 0) is 0 Å². The molecule has 1 saturated heterocycles. The Hall–Kier alpha value is -2.81. The first-order chi connectivity index (χ1) is 10.8. The molecule has 0 aliphatic carbocycles. The summed E-state index contributed by atoms with van der Waals surface area (Å²) in [4.78, 5) is 16.5. The largest absolute Gasteiger partial charge is 0.377 e. The fourth-order valence-electron chi connectivity index (χ4n) is 2.59. The van der Waals surface area contributed by atoms with E-state index in [4.69, 9.17) is 4.74 Å². The molecule has 1 amide bonds. The molecular formula is C13H13N7O2. The standard InChI is InChI=1S/C13H13N7O2/c21-13(9-5-16-19-3-1-14-6-11(9)19)17-10-7-22-8-12(10)20-4-2-15-18-20/h1-6,10,12H,7-8H2,(H,17,21)/t10-,12+/m0/s1. The van der Waals surface area contributed by atoms with Gasteiger partial charge in [0.15, 0.2) is 0 Å². The van der Waals surface area contributed by atoms with Crippen molar-refractivity contribution in [3.8, 4) is 0 Å². The minimum absolute atomic E-state index is 0.0635. The summed E-state index contributed by atoms with van der Waals surface area (Å²) in [7, 11) is 0. The maximum absolute atomic E-state index is 12.5. The van der Waals surface area contributed by atoms with Crippen molar-refractivity contribution in [2.75, 3.05) is 13.2 Å². The summed E-state index contributed by atoms with van der Waals surface area (Å²) in [6.07, 6.45) is 9.83. The molecule has 0 bridgehead atoms. The smallest absolute Gasteiger partial charge is 0.255 e. The summed E-state index contributed by atoms with van der Waals surface area (Å²) in [5, 5.41) is 14.9. The first-order valence-electron chi connectivity index (χ1n) is 6.84. The first kappa shape index (κ1) is 12.9. The molecule has 0 radical (unpaired) electrons. The van der Waals surface area contributed by atoms with Crippen LogP contribution in [0.3, 0.4) is 0 Å². The summed E-state index contributed by atoms with van der Waals surface area (Å²) in [5.41, 5.74) is 1.15. The number of ether oxygens (including phenoxy) is 1. The highest BCUT2D eigenvalue weighted by Gasteiger charge is 2.32. The average Bonchev–Trinajstić information content (AvgIpc) is 3.27. The maximum Gasteiger partial charge on any atom is 0.255 e. The van der Waals surface area contributed by atoms with E-state index < -0.39 is 0 Å². The zero-order valence-electron chi connectivity index (χ0n) is 11.5. The summed E-state index contributed by atoms with van der Waals surface area (Å²) in [5.74, 6) is -0.205. The number of amides is 1. The van der Waals surface area contributed by atoms with E-state index in [1.165, 1.54) is 6.20 Å². The molecule has 0 unspecified atom stereocenters. The van der Waals surface area contributed by atoms with Crippen LogP contribution in [-0.4, -0.2) is 54.8 Å². The summed E-state index contributed by atoms with van der Waals surface area (Å²) in [6.45, 7) is 0.929. The van der Waals surface area contributed by atoms with Gasteiger partial charge in [0.05, 0.1) is 55.0 Å². The average molecular weight is 299 g/mol. The van der Waals surface area contributed by atoms with Gasteiger partial charge in [0.25, 0.3) is 5.91 Å². The van der Waals surface area contributed by atoms with Crippen LogP contribution in [0.5, 0.6) is 0 Å². The molecule has 1 fully saturated rings. The minimum atomic E-state index is -0.205. The number of nitrogens with one attached hydrogen (secondary N) is 1. The Kier molecular flexibility index (Phi) is 3.04. The number of rotatable bonds is 3. The third-order valence-corrected chi connectivity index (χ3v) is 3.72. The maximum atomic E-state index is 12.5. The number of fused-ring (bicyclic) bond motifs is 1. The van der Waals surface area contributed by atoms with Gasteiger partial charge in [-0.2, -0.15) is 5.10 Å². The quantitative estimate of drug-likeness (QED) is 0.712. The minimum Gasteiger partial charge on any atom is -0.377 e. The molecule has 4 rings (SSSR count). The van der Waals surface area contributed by atoms with Crippen molar-refractivity contribution in [1.29, 1.82) is 0 Å². The van der Waals surface area contributed by atoms with E-state index in [1.807, 2.05) is 0 Å². The van der Waals surface area contributed by atoms with Crippen molar-refractivity contribution >= 4 is 11.4 Å². The molecule has 1 N–H and O–H groups in total. The van der Waals surface area contributed by atoms with Gasteiger partial charge in [0, 0.05) is 18.6 Å². The number of aromatic nitrogens is 6. The summed E-state index contributed by atoms with van der Waals surface area (Å²) in [6, 6.07) is -0.229. The van der Waals surface area contributed by atoms with Gasteiger partial charge >= 0.3 is 0 Å². The number of carbonyl (C=O) groups excluding carboxylic acids is 1. The highest BCUT2D eigenvalue weighted by Crippen LogP contribution is 2.19. The Bertz CT molecular complexity index is 798. The second kappa shape index (κ2) is 5.19. The van der Waals surface area contributed by atoms with E-state index in [0.717, 1.165) is 0 Å². The second-order valence-corrected chi connectivity index (χ2v) is 5.03.